The van der Waals surface area contributed by atoms with Crippen LogP contribution in [0.15, 0.2) is 0 Å². The van der Waals surface area contributed by atoms with Crippen LogP contribution in [0.4, 0.5) is 0 Å². The summed E-state index contributed by atoms with van der Waals surface area (Å²) in [6, 6.07) is 0. The van der Waals surface area contributed by atoms with Crippen molar-refractivity contribution in [3.8, 4) is 0 Å². The van der Waals surface area contributed by atoms with E-state index >= 15 is 0 Å². The summed E-state index contributed by atoms with van der Waals surface area (Å²) < 4.78 is 0. The zero-order valence-electron chi connectivity index (χ0n) is 6.17. The Morgan fingerprint density at radius 3 is 2.22 bits per heavy atom. The van der Waals surface area contributed by atoms with Crippen LogP contribution in [0.5, 0.6) is 0 Å². The van der Waals surface area contributed by atoms with Gasteiger partial charge in [0.15, 0.2) is 0 Å². The second kappa shape index (κ2) is 5.12. The highest BCUT2D eigenvalue weighted by molar-refractivity contribution is 7.80. The molecule has 0 bridgehead atoms. The first kappa shape index (κ1) is 9.31. The van der Waals surface area contributed by atoms with E-state index in [1.807, 2.05) is 0 Å². The van der Waals surface area contributed by atoms with Gasteiger partial charge < -0.3 is 5.11 Å². The molecule has 0 aliphatic heterocycles. The van der Waals surface area contributed by atoms with Crippen molar-refractivity contribution in [2.75, 3.05) is 6.61 Å². The molecular formula is C7H16OS. The molecule has 0 rings (SSSR count). The lowest BCUT2D eigenvalue weighted by Crippen LogP contribution is -2.11. The molecule has 0 radical (unpaired) electrons. The Bertz CT molecular complexity index is 63.9. The van der Waals surface area contributed by atoms with Gasteiger partial charge in [0.2, 0.25) is 0 Å². The molecule has 0 saturated heterocycles. The van der Waals surface area contributed by atoms with Crippen LogP contribution in [0.3, 0.4) is 0 Å². The Morgan fingerprint density at radius 1 is 1.56 bits per heavy atom. The summed E-state index contributed by atoms with van der Waals surface area (Å²) >= 11 is 4.30. The van der Waals surface area contributed by atoms with Crippen molar-refractivity contribution in [2.24, 2.45) is 5.92 Å². The summed E-state index contributed by atoms with van der Waals surface area (Å²) in [5, 5.41) is 9.00. The highest BCUT2D eigenvalue weighted by atomic mass is 32.1. The zero-order chi connectivity index (χ0) is 7.28. The molecule has 2 unspecified atom stereocenters. The molecule has 0 aromatic rings. The molecule has 0 spiro atoms. The molecule has 1 nitrogen and oxygen atoms in total. The quantitative estimate of drug-likeness (QED) is 0.582. The number of rotatable bonds is 4. The van der Waals surface area contributed by atoms with Crippen LogP contribution in [-0.2, 0) is 0 Å². The van der Waals surface area contributed by atoms with Crippen LogP contribution in [0.2, 0.25) is 0 Å². The van der Waals surface area contributed by atoms with Gasteiger partial charge in [0, 0.05) is 11.9 Å². The van der Waals surface area contributed by atoms with Gasteiger partial charge in [0.1, 0.15) is 0 Å². The van der Waals surface area contributed by atoms with Crippen molar-refractivity contribution in [2.45, 2.75) is 31.9 Å². The predicted molar refractivity (Wildman–Crippen MR) is 43.9 cm³/mol. The first-order chi connectivity index (χ1) is 4.22. The van der Waals surface area contributed by atoms with Crippen molar-refractivity contribution in [3.05, 3.63) is 0 Å². The minimum Gasteiger partial charge on any atom is -0.396 e. The summed E-state index contributed by atoms with van der Waals surface area (Å²) in [5.41, 5.74) is 0. The highest BCUT2D eigenvalue weighted by Crippen LogP contribution is 2.16. The van der Waals surface area contributed by atoms with Gasteiger partial charge in [-0.15, -0.1) is 0 Å². The van der Waals surface area contributed by atoms with Gasteiger partial charge in [-0.05, 0) is 12.3 Å². The number of thiol groups is 1. The minimum absolute atomic E-state index is 0.295. The van der Waals surface area contributed by atoms with Gasteiger partial charge in [-0.25, -0.2) is 0 Å². The standard InChI is InChI=1S/C7H16OS/c1-3-7(4-5-8)6(2)9/h6-9H,3-5H2,1-2H3. The molecule has 0 aromatic heterocycles. The van der Waals surface area contributed by atoms with Crippen molar-refractivity contribution in [3.63, 3.8) is 0 Å². The van der Waals surface area contributed by atoms with Gasteiger partial charge in [-0.3, -0.25) is 0 Å². The fourth-order valence-corrected chi connectivity index (χ4v) is 1.31. The number of hydrogen-bond acceptors (Lipinski definition) is 2. The average Bonchev–Trinajstić information content (AvgIpc) is 1.82. The third-order valence-corrected chi connectivity index (χ3v) is 2.13. The Morgan fingerprint density at radius 2 is 2.11 bits per heavy atom. The second-order valence-corrected chi connectivity index (χ2v) is 3.24. The predicted octanol–water partition coefficient (Wildman–Crippen LogP) is 1.71. The zero-order valence-corrected chi connectivity index (χ0v) is 7.06. The average molecular weight is 148 g/mol. The van der Waals surface area contributed by atoms with E-state index in [2.05, 4.69) is 26.5 Å². The van der Waals surface area contributed by atoms with Gasteiger partial charge >= 0.3 is 0 Å². The van der Waals surface area contributed by atoms with Crippen LogP contribution >= 0.6 is 12.6 Å². The molecule has 0 fully saturated rings. The Balaban J connectivity index is 3.41. The van der Waals surface area contributed by atoms with Crippen molar-refractivity contribution in [1.82, 2.24) is 0 Å². The molecule has 0 heterocycles. The monoisotopic (exact) mass is 148 g/mol. The molecule has 9 heavy (non-hydrogen) atoms. The largest absolute Gasteiger partial charge is 0.396 e. The highest BCUT2D eigenvalue weighted by Gasteiger charge is 2.09. The number of aliphatic hydroxyl groups is 1. The number of aliphatic hydroxyl groups excluding tert-OH is 1. The smallest absolute Gasteiger partial charge is 0.0434 e. The molecule has 56 valence electrons. The third kappa shape index (κ3) is 3.82. The van der Waals surface area contributed by atoms with Crippen LogP contribution in [0.25, 0.3) is 0 Å². The van der Waals surface area contributed by atoms with Crippen LogP contribution in [-0.4, -0.2) is 17.0 Å². The lowest BCUT2D eigenvalue weighted by molar-refractivity contribution is 0.254. The minimum atomic E-state index is 0.295. The van der Waals surface area contributed by atoms with Gasteiger partial charge in [-0.1, -0.05) is 20.3 Å². The first-order valence-corrected chi connectivity index (χ1v) is 4.03. The molecule has 2 atom stereocenters. The van der Waals surface area contributed by atoms with E-state index in [0.29, 0.717) is 17.8 Å². The topological polar surface area (TPSA) is 20.2 Å². The number of hydrogen-bond donors (Lipinski definition) is 2. The molecular weight excluding hydrogens is 132 g/mol. The summed E-state index contributed by atoms with van der Waals surface area (Å²) in [7, 11) is 0. The molecule has 0 aliphatic rings. The maximum absolute atomic E-state index is 8.58. The first-order valence-electron chi connectivity index (χ1n) is 3.51. The van der Waals surface area contributed by atoms with E-state index in [9.17, 15) is 0 Å². The normalized spacial score (nSPS) is 17.3. The summed E-state index contributed by atoms with van der Waals surface area (Å²) in [6.45, 7) is 4.50. The van der Waals surface area contributed by atoms with Crippen molar-refractivity contribution < 1.29 is 5.11 Å². The Labute approximate surface area is 62.9 Å². The fourth-order valence-electron chi connectivity index (χ4n) is 0.952. The molecule has 1 N–H and O–H groups in total. The van der Waals surface area contributed by atoms with E-state index in [1.165, 1.54) is 0 Å². The maximum Gasteiger partial charge on any atom is 0.0434 e. The molecule has 0 amide bonds. The van der Waals surface area contributed by atoms with Crippen LogP contribution in [0, 0.1) is 5.92 Å². The summed E-state index contributed by atoms with van der Waals surface area (Å²) in [6.07, 6.45) is 2.01. The summed E-state index contributed by atoms with van der Waals surface area (Å²) in [5.74, 6) is 0.582. The second-order valence-electron chi connectivity index (χ2n) is 2.42. The van der Waals surface area contributed by atoms with Gasteiger partial charge in [0.25, 0.3) is 0 Å². The lowest BCUT2D eigenvalue weighted by atomic mass is 10.00. The third-order valence-electron chi connectivity index (χ3n) is 1.71. The van der Waals surface area contributed by atoms with Crippen LogP contribution < -0.4 is 0 Å². The summed E-state index contributed by atoms with van der Waals surface area (Å²) in [4.78, 5) is 0. The van der Waals surface area contributed by atoms with Gasteiger partial charge in [0.05, 0.1) is 0 Å². The van der Waals surface area contributed by atoms with E-state index in [1.54, 1.807) is 0 Å². The van der Waals surface area contributed by atoms with E-state index in [-0.39, 0.29) is 0 Å². The van der Waals surface area contributed by atoms with E-state index in [4.69, 9.17) is 5.11 Å². The Kier molecular flexibility index (Phi) is 5.30. The molecule has 0 saturated carbocycles. The lowest BCUT2D eigenvalue weighted by Gasteiger charge is -2.15. The molecule has 0 aliphatic carbocycles. The van der Waals surface area contributed by atoms with Crippen LogP contribution in [0.1, 0.15) is 26.7 Å². The fraction of sp³-hybridized carbons (Fsp3) is 1.00. The van der Waals surface area contributed by atoms with Crippen molar-refractivity contribution in [1.29, 1.82) is 0 Å². The van der Waals surface area contributed by atoms with E-state index < -0.39 is 0 Å². The van der Waals surface area contributed by atoms with E-state index in [0.717, 1.165) is 12.8 Å². The molecule has 0 aromatic carbocycles. The Hall–Kier alpha value is 0.310. The van der Waals surface area contributed by atoms with Crippen molar-refractivity contribution >= 4 is 12.6 Å². The SMILES string of the molecule is CCC(CCO)C(C)S. The van der Waals surface area contributed by atoms with Gasteiger partial charge in [-0.2, -0.15) is 12.6 Å². The molecule has 2 heteroatoms. The maximum atomic E-state index is 8.58.